The molecule has 0 aliphatic rings. The monoisotopic (exact) mass is 335 g/mol. The number of carbonyl (C=O) groups is 1. The Balaban J connectivity index is 3.38. The number of rotatable bonds is 5. The van der Waals surface area contributed by atoms with Gasteiger partial charge in [-0.2, -0.15) is 0 Å². The zero-order valence-electron chi connectivity index (χ0n) is 11.2. The number of halogens is 2. The van der Waals surface area contributed by atoms with E-state index in [9.17, 15) is 13.2 Å². The number of amides is 1. The second-order valence-corrected chi connectivity index (χ2v) is 7.27. The molecule has 7 heteroatoms. The molecule has 1 amide bonds. The molecule has 0 radical (unpaired) electrons. The fourth-order valence-corrected chi connectivity index (χ4v) is 3.11. The third-order valence-corrected chi connectivity index (χ3v) is 4.26. The van der Waals surface area contributed by atoms with Crippen molar-refractivity contribution in [2.45, 2.75) is 18.7 Å². The quantitative estimate of drug-likeness (QED) is 0.612. The summed E-state index contributed by atoms with van der Waals surface area (Å²) in [6, 6.07) is 4.15. The van der Waals surface area contributed by atoms with E-state index in [2.05, 4.69) is 6.58 Å². The molecule has 0 N–H and O–H groups in total. The summed E-state index contributed by atoms with van der Waals surface area (Å²) in [7, 11) is 1.31. The van der Waals surface area contributed by atoms with E-state index in [4.69, 9.17) is 22.3 Å². The summed E-state index contributed by atoms with van der Waals surface area (Å²) < 4.78 is 23.1. The van der Waals surface area contributed by atoms with Gasteiger partial charge in [0.15, 0.2) is 0 Å². The van der Waals surface area contributed by atoms with Crippen LogP contribution in [0.15, 0.2) is 35.2 Å². The molecule has 0 aliphatic heterocycles. The van der Waals surface area contributed by atoms with Crippen LogP contribution in [-0.2, 0) is 9.05 Å². The van der Waals surface area contributed by atoms with Crippen LogP contribution in [0.5, 0.6) is 0 Å². The fraction of sp³-hybridized carbons (Fsp3) is 0.308. The van der Waals surface area contributed by atoms with Crippen molar-refractivity contribution >= 4 is 37.2 Å². The van der Waals surface area contributed by atoms with Crippen molar-refractivity contribution in [1.29, 1.82) is 0 Å². The van der Waals surface area contributed by atoms with Gasteiger partial charge in [0.1, 0.15) is 0 Å². The number of carbonyl (C=O) groups excluding carboxylic acids is 1. The Morgan fingerprint density at radius 1 is 1.40 bits per heavy atom. The minimum Gasteiger partial charge on any atom is -0.335 e. The molecule has 0 bridgehead atoms. The third-order valence-electron chi connectivity index (χ3n) is 2.58. The molecule has 0 atom stereocenters. The molecular formula is C13H15Cl2NO3S. The molecule has 1 aromatic rings. The lowest BCUT2D eigenvalue weighted by molar-refractivity contribution is 0.0774. The van der Waals surface area contributed by atoms with Crippen LogP contribution in [0, 0.1) is 0 Å². The number of nitrogens with zero attached hydrogens (tertiary/aromatic N) is 1. The van der Waals surface area contributed by atoms with Gasteiger partial charge in [-0.05, 0) is 26.0 Å². The van der Waals surface area contributed by atoms with Crippen molar-refractivity contribution in [1.82, 2.24) is 4.90 Å². The zero-order valence-corrected chi connectivity index (χ0v) is 13.5. The molecule has 1 aromatic carbocycles. The Kier molecular flexibility index (Phi) is 5.62. The first-order chi connectivity index (χ1) is 9.18. The maximum Gasteiger partial charge on any atom is 0.262 e. The molecule has 0 saturated carbocycles. The van der Waals surface area contributed by atoms with E-state index < -0.39 is 15.0 Å². The molecule has 0 aromatic heterocycles. The van der Waals surface area contributed by atoms with Crippen LogP contribution in [0.1, 0.15) is 24.2 Å². The van der Waals surface area contributed by atoms with Crippen LogP contribution in [0.25, 0.3) is 0 Å². The minimum atomic E-state index is -4.05. The second-order valence-electron chi connectivity index (χ2n) is 4.33. The lowest BCUT2D eigenvalue weighted by Crippen LogP contribution is -2.33. The van der Waals surface area contributed by atoms with E-state index in [1.165, 1.54) is 23.1 Å². The summed E-state index contributed by atoms with van der Waals surface area (Å²) in [5.74, 6) is -0.486. The lowest BCUT2D eigenvalue weighted by Gasteiger charge is -2.22. The zero-order chi connectivity index (χ0) is 15.5. The largest absolute Gasteiger partial charge is 0.335 e. The SMILES string of the molecule is C=C(C)CN(CC)C(=O)c1c(Cl)cccc1S(=O)(=O)Cl. The Morgan fingerprint density at radius 3 is 2.45 bits per heavy atom. The van der Waals surface area contributed by atoms with Crippen LogP contribution in [0.2, 0.25) is 5.02 Å². The van der Waals surface area contributed by atoms with Crippen LogP contribution in [0.3, 0.4) is 0 Å². The van der Waals surface area contributed by atoms with Gasteiger partial charge in [-0.15, -0.1) is 0 Å². The molecule has 20 heavy (non-hydrogen) atoms. The minimum absolute atomic E-state index is 0.0527. The molecule has 1 rings (SSSR count). The Morgan fingerprint density at radius 2 is 2.00 bits per heavy atom. The van der Waals surface area contributed by atoms with E-state index in [1.54, 1.807) is 13.8 Å². The maximum absolute atomic E-state index is 12.5. The topological polar surface area (TPSA) is 54.5 Å². The first kappa shape index (κ1) is 17.0. The number of benzene rings is 1. The second kappa shape index (κ2) is 6.61. The van der Waals surface area contributed by atoms with Crippen LogP contribution in [-0.4, -0.2) is 32.3 Å². The normalized spacial score (nSPS) is 11.2. The van der Waals surface area contributed by atoms with Crippen molar-refractivity contribution in [2.24, 2.45) is 0 Å². The number of hydrogen-bond acceptors (Lipinski definition) is 3. The van der Waals surface area contributed by atoms with Crippen LogP contribution >= 0.6 is 22.3 Å². The summed E-state index contributed by atoms with van der Waals surface area (Å²) in [5, 5.41) is 0.0527. The van der Waals surface area contributed by atoms with Crippen LogP contribution in [0.4, 0.5) is 0 Å². The first-order valence-corrected chi connectivity index (χ1v) is 8.54. The average molecular weight is 336 g/mol. The molecule has 110 valence electrons. The Labute approximate surface area is 128 Å². The highest BCUT2D eigenvalue weighted by molar-refractivity contribution is 8.13. The van der Waals surface area contributed by atoms with Crippen molar-refractivity contribution in [3.63, 3.8) is 0 Å². The Bertz CT molecular complexity index is 641. The molecular weight excluding hydrogens is 321 g/mol. The predicted molar refractivity (Wildman–Crippen MR) is 80.9 cm³/mol. The van der Waals surface area contributed by atoms with E-state index in [-0.39, 0.29) is 15.5 Å². The average Bonchev–Trinajstić information content (AvgIpc) is 2.33. The highest BCUT2D eigenvalue weighted by Crippen LogP contribution is 2.28. The van der Waals surface area contributed by atoms with Crippen molar-refractivity contribution < 1.29 is 13.2 Å². The number of likely N-dealkylation sites (N-methyl/N-ethyl adjacent to an activating group) is 1. The van der Waals surface area contributed by atoms with Gasteiger partial charge >= 0.3 is 0 Å². The molecule has 0 unspecified atom stereocenters. The maximum atomic E-state index is 12.5. The van der Waals surface area contributed by atoms with Gasteiger partial charge < -0.3 is 4.90 Å². The molecule has 0 fully saturated rings. The standard InChI is InChI=1S/C13H15Cl2NO3S/c1-4-16(8-9(2)3)13(17)12-10(14)6-5-7-11(12)20(15,18)19/h5-7H,2,4,8H2,1,3H3. The summed E-state index contributed by atoms with van der Waals surface area (Å²) in [6.07, 6.45) is 0. The van der Waals surface area contributed by atoms with E-state index in [0.29, 0.717) is 13.1 Å². The third kappa shape index (κ3) is 3.98. The van der Waals surface area contributed by atoms with Crippen molar-refractivity contribution in [2.75, 3.05) is 13.1 Å². The lowest BCUT2D eigenvalue weighted by atomic mass is 10.2. The van der Waals surface area contributed by atoms with Gasteiger partial charge in [-0.25, -0.2) is 8.42 Å². The van der Waals surface area contributed by atoms with E-state index >= 15 is 0 Å². The summed E-state index contributed by atoms with van der Waals surface area (Å²) in [4.78, 5) is 13.6. The van der Waals surface area contributed by atoms with Crippen molar-refractivity contribution in [3.05, 3.63) is 40.9 Å². The Hall–Kier alpha value is -1.04. The van der Waals surface area contributed by atoms with Gasteiger partial charge in [-0.3, -0.25) is 4.79 Å². The van der Waals surface area contributed by atoms with Crippen LogP contribution < -0.4 is 0 Å². The summed E-state index contributed by atoms with van der Waals surface area (Å²) >= 11 is 5.97. The highest BCUT2D eigenvalue weighted by Gasteiger charge is 2.26. The van der Waals surface area contributed by atoms with E-state index in [0.717, 1.165) is 5.57 Å². The first-order valence-electron chi connectivity index (χ1n) is 5.85. The summed E-state index contributed by atoms with van der Waals surface area (Å²) in [5.41, 5.74) is 0.676. The van der Waals surface area contributed by atoms with Gasteiger partial charge in [0.25, 0.3) is 15.0 Å². The molecule has 0 aliphatic carbocycles. The molecule has 4 nitrogen and oxygen atoms in total. The fourth-order valence-electron chi connectivity index (χ4n) is 1.73. The van der Waals surface area contributed by atoms with Gasteiger partial charge in [-0.1, -0.05) is 29.8 Å². The van der Waals surface area contributed by atoms with Gasteiger partial charge in [0.05, 0.1) is 15.5 Å². The highest BCUT2D eigenvalue weighted by atomic mass is 35.7. The van der Waals surface area contributed by atoms with Gasteiger partial charge in [0, 0.05) is 23.8 Å². The van der Waals surface area contributed by atoms with E-state index in [1.807, 2.05) is 0 Å². The van der Waals surface area contributed by atoms with Crippen molar-refractivity contribution in [3.8, 4) is 0 Å². The predicted octanol–water partition coefficient (Wildman–Crippen LogP) is 3.31. The van der Waals surface area contributed by atoms with Gasteiger partial charge in [0.2, 0.25) is 0 Å². The summed E-state index contributed by atoms with van der Waals surface area (Å²) in [6.45, 7) is 8.03. The molecule has 0 spiro atoms. The smallest absolute Gasteiger partial charge is 0.262 e. The number of hydrogen-bond donors (Lipinski definition) is 0. The molecule has 0 heterocycles. The molecule has 0 saturated heterocycles.